The maximum atomic E-state index is 7.05. The predicted molar refractivity (Wildman–Crippen MR) is 153 cm³/mol. The molecule has 0 saturated carbocycles. The van der Waals surface area contributed by atoms with E-state index >= 15 is 0 Å². The number of rotatable bonds is 7. The summed E-state index contributed by atoms with van der Waals surface area (Å²) >= 11 is 3.65. The molecule has 0 spiro atoms. The fourth-order valence-corrected chi connectivity index (χ4v) is 7.20. The average molecular weight is 571 g/mol. The zero-order chi connectivity index (χ0) is 25.8. The van der Waals surface area contributed by atoms with Crippen LogP contribution in [0.2, 0.25) is 36.3 Å². The van der Waals surface area contributed by atoms with E-state index in [2.05, 4.69) is 95.8 Å². The van der Waals surface area contributed by atoms with Crippen LogP contribution in [0.4, 0.5) is 5.69 Å². The lowest BCUT2D eigenvalue weighted by molar-refractivity contribution is -0.173. The molecule has 7 heteroatoms. The van der Waals surface area contributed by atoms with Crippen molar-refractivity contribution in [1.82, 2.24) is 0 Å². The fraction of sp³-hybridized carbons (Fsp3) is 0.778. The molecule has 1 aromatic rings. The molecule has 2 N–H and O–H groups in total. The van der Waals surface area contributed by atoms with Gasteiger partial charge in [0.1, 0.15) is 0 Å². The highest BCUT2D eigenvalue weighted by molar-refractivity contribution is 9.10. The van der Waals surface area contributed by atoms with Crippen molar-refractivity contribution in [1.29, 1.82) is 0 Å². The molecule has 1 unspecified atom stereocenters. The van der Waals surface area contributed by atoms with Crippen LogP contribution in [0.25, 0.3) is 0 Å². The van der Waals surface area contributed by atoms with Gasteiger partial charge in [-0.05, 0) is 101 Å². The van der Waals surface area contributed by atoms with Gasteiger partial charge in [0.2, 0.25) is 0 Å². The Morgan fingerprint density at radius 1 is 0.912 bits per heavy atom. The summed E-state index contributed by atoms with van der Waals surface area (Å²) in [6, 6.07) is 6.42. The summed E-state index contributed by atoms with van der Waals surface area (Å²) in [5.74, 6) is 0.402. The van der Waals surface area contributed by atoms with Crippen LogP contribution in [-0.2, 0) is 13.6 Å². The molecule has 3 rings (SSSR count). The van der Waals surface area contributed by atoms with Crippen molar-refractivity contribution in [3.8, 4) is 0 Å². The summed E-state index contributed by atoms with van der Waals surface area (Å²) in [7, 11) is -3.75. The van der Waals surface area contributed by atoms with Gasteiger partial charge in [-0.3, -0.25) is 0 Å². The van der Waals surface area contributed by atoms with E-state index in [-0.39, 0.29) is 21.3 Å². The lowest BCUT2D eigenvalue weighted by Crippen LogP contribution is -2.53. The first kappa shape index (κ1) is 28.4. The molecule has 3 atom stereocenters. The van der Waals surface area contributed by atoms with Crippen LogP contribution in [0.15, 0.2) is 22.7 Å². The summed E-state index contributed by atoms with van der Waals surface area (Å²) in [6.45, 7) is 24.5. The minimum Gasteiger partial charge on any atom is -0.414 e. The van der Waals surface area contributed by atoms with Crippen molar-refractivity contribution >= 4 is 38.3 Å². The summed E-state index contributed by atoms with van der Waals surface area (Å²) in [6.07, 6.45) is 4.05. The lowest BCUT2D eigenvalue weighted by Gasteiger charge is -2.47. The van der Waals surface area contributed by atoms with E-state index in [9.17, 15) is 0 Å². The number of nitrogen functional groups attached to an aromatic ring is 1. The van der Waals surface area contributed by atoms with Gasteiger partial charge in [-0.15, -0.1) is 0 Å². The van der Waals surface area contributed by atoms with Crippen molar-refractivity contribution in [2.45, 2.75) is 121 Å². The van der Waals surface area contributed by atoms with E-state index in [1.807, 2.05) is 6.07 Å². The second-order valence-corrected chi connectivity index (χ2v) is 24.4. The van der Waals surface area contributed by atoms with E-state index in [0.29, 0.717) is 19.1 Å². The van der Waals surface area contributed by atoms with Crippen LogP contribution in [-0.4, -0.2) is 41.1 Å². The number of halogens is 1. The van der Waals surface area contributed by atoms with E-state index < -0.39 is 16.6 Å². The summed E-state index contributed by atoms with van der Waals surface area (Å²) in [5, 5.41) is 0.362. The summed E-state index contributed by atoms with van der Waals surface area (Å²) in [4.78, 5) is 0. The minimum absolute atomic E-state index is 0.181. The Labute approximate surface area is 219 Å². The summed E-state index contributed by atoms with van der Waals surface area (Å²) < 4.78 is 21.6. The van der Waals surface area contributed by atoms with Crippen molar-refractivity contribution in [3.05, 3.63) is 28.2 Å². The van der Waals surface area contributed by atoms with Crippen LogP contribution in [0.1, 0.15) is 78.7 Å². The SMILES string of the molecule is CC(C)(C)[Si](C)(C)OC[C@@]12CC[C@@](CO[Si](C)(C)C(C)(C)C)(CC(c3ccc(N)c(Br)c3)C1)O2. The number of fused-ring (bicyclic) bond motifs is 2. The first-order valence-electron chi connectivity index (χ1n) is 12.8. The van der Waals surface area contributed by atoms with Gasteiger partial charge in [0.15, 0.2) is 16.6 Å². The zero-order valence-electron chi connectivity index (χ0n) is 23.2. The Bertz CT molecular complexity index is 847. The van der Waals surface area contributed by atoms with E-state index in [1.54, 1.807) is 0 Å². The number of benzene rings is 1. The number of ether oxygens (including phenoxy) is 1. The molecule has 194 valence electrons. The Hall–Kier alpha value is -0.186. The maximum Gasteiger partial charge on any atom is 0.192 e. The maximum absolute atomic E-state index is 7.05. The number of nitrogens with two attached hydrogens (primary N) is 1. The molecule has 34 heavy (non-hydrogen) atoms. The third-order valence-corrected chi connectivity index (χ3v) is 18.9. The first-order valence-corrected chi connectivity index (χ1v) is 19.4. The number of hydrogen-bond donors (Lipinski definition) is 1. The third-order valence-electron chi connectivity index (χ3n) is 9.21. The van der Waals surface area contributed by atoms with Gasteiger partial charge in [-0.1, -0.05) is 47.6 Å². The van der Waals surface area contributed by atoms with Crippen LogP contribution >= 0.6 is 15.9 Å². The second-order valence-electron chi connectivity index (χ2n) is 14.0. The predicted octanol–water partition coefficient (Wildman–Crippen LogP) is 8.24. The Balaban J connectivity index is 1.89. The highest BCUT2D eigenvalue weighted by Gasteiger charge is 2.57. The quantitative estimate of drug-likeness (QED) is 0.265. The highest BCUT2D eigenvalue weighted by Crippen LogP contribution is 2.55. The van der Waals surface area contributed by atoms with E-state index in [0.717, 1.165) is 35.8 Å². The Morgan fingerprint density at radius 2 is 1.35 bits per heavy atom. The summed E-state index contributed by atoms with van der Waals surface area (Å²) in [5.41, 5.74) is 7.73. The van der Waals surface area contributed by atoms with Crippen LogP contribution in [0, 0.1) is 0 Å². The average Bonchev–Trinajstić information content (AvgIpc) is 2.97. The molecule has 2 heterocycles. The molecular weight excluding hydrogens is 522 g/mol. The molecule has 0 aromatic heterocycles. The van der Waals surface area contributed by atoms with Gasteiger partial charge in [-0.2, -0.15) is 0 Å². The molecule has 0 amide bonds. The molecule has 2 aliphatic rings. The van der Waals surface area contributed by atoms with Gasteiger partial charge in [0.05, 0.1) is 24.4 Å². The van der Waals surface area contributed by atoms with Gasteiger partial charge in [0.25, 0.3) is 0 Å². The lowest BCUT2D eigenvalue weighted by atomic mass is 9.80. The van der Waals surface area contributed by atoms with Crippen molar-refractivity contribution < 1.29 is 13.6 Å². The molecule has 2 saturated heterocycles. The van der Waals surface area contributed by atoms with Crippen molar-refractivity contribution in [2.75, 3.05) is 18.9 Å². The molecule has 2 aliphatic heterocycles. The van der Waals surface area contributed by atoms with Crippen LogP contribution in [0.5, 0.6) is 0 Å². The monoisotopic (exact) mass is 569 g/mol. The first-order chi connectivity index (χ1) is 15.3. The number of anilines is 1. The van der Waals surface area contributed by atoms with Crippen molar-refractivity contribution in [2.24, 2.45) is 0 Å². The van der Waals surface area contributed by atoms with E-state index in [1.165, 1.54) is 5.56 Å². The standard InChI is InChI=1S/C27H48BrNO3Si2/c1-24(2,3)33(7,8)30-18-26-13-14-27(32-26,19-31-34(9,10)25(4,5)6)17-21(16-26)20-11-12-23(29)22(28)15-20/h11-12,15,21H,13-14,16-19,29H2,1-10H3/t21?,26-,27+. The normalized spacial score (nSPS) is 28.4. The molecule has 0 aliphatic carbocycles. The van der Waals surface area contributed by atoms with Gasteiger partial charge < -0.3 is 19.3 Å². The highest BCUT2D eigenvalue weighted by atomic mass is 79.9. The van der Waals surface area contributed by atoms with Gasteiger partial charge in [0, 0.05) is 10.2 Å². The largest absolute Gasteiger partial charge is 0.414 e. The Kier molecular flexibility index (Phi) is 7.75. The molecular formula is C27H48BrNO3Si2. The third kappa shape index (κ3) is 5.86. The van der Waals surface area contributed by atoms with Crippen LogP contribution in [0.3, 0.4) is 0 Å². The topological polar surface area (TPSA) is 53.7 Å². The molecule has 2 bridgehead atoms. The van der Waals surface area contributed by atoms with Gasteiger partial charge in [-0.25, -0.2) is 0 Å². The van der Waals surface area contributed by atoms with Crippen LogP contribution < -0.4 is 5.73 Å². The van der Waals surface area contributed by atoms with Crippen molar-refractivity contribution in [3.63, 3.8) is 0 Å². The van der Waals surface area contributed by atoms with E-state index in [4.69, 9.17) is 19.3 Å². The fourth-order valence-electron chi connectivity index (χ4n) is 4.69. The smallest absolute Gasteiger partial charge is 0.192 e. The minimum atomic E-state index is -1.88. The Morgan fingerprint density at radius 3 is 1.74 bits per heavy atom. The number of hydrogen-bond acceptors (Lipinski definition) is 4. The molecule has 1 aromatic carbocycles. The molecule has 2 fully saturated rings. The molecule has 0 radical (unpaired) electrons. The van der Waals surface area contributed by atoms with Gasteiger partial charge >= 0.3 is 0 Å². The zero-order valence-corrected chi connectivity index (χ0v) is 26.8. The second kappa shape index (κ2) is 9.28. The molecule has 4 nitrogen and oxygen atoms in total.